The molecule has 1 aromatic carbocycles. The van der Waals surface area contributed by atoms with Crippen molar-refractivity contribution in [1.29, 1.82) is 0 Å². The lowest BCUT2D eigenvalue weighted by Crippen LogP contribution is -2.24. The van der Waals surface area contributed by atoms with Crippen molar-refractivity contribution in [3.05, 3.63) is 53.4 Å². The number of hydrogen-bond acceptors (Lipinski definition) is 6. The number of nitrogens with one attached hydrogen (secondary N) is 1. The smallest absolute Gasteiger partial charge is 0.261 e. The van der Waals surface area contributed by atoms with Crippen LogP contribution in [0.3, 0.4) is 0 Å². The fourth-order valence-electron chi connectivity index (χ4n) is 2.31. The largest absolute Gasteiger partial charge is 0.478 e. The third-order valence-electron chi connectivity index (χ3n) is 3.47. The minimum Gasteiger partial charge on any atom is -0.478 e. The van der Waals surface area contributed by atoms with Crippen LogP contribution in [0.25, 0.3) is 5.65 Å². The first-order valence-corrected chi connectivity index (χ1v) is 8.00. The van der Waals surface area contributed by atoms with Crippen molar-refractivity contribution in [3.63, 3.8) is 0 Å². The third-order valence-corrected chi connectivity index (χ3v) is 3.71. The second-order valence-electron chi connectivity index (χ2n) is 5.29. The van der Waals surface area contributed by atoms with E-state index in [-0.39, 0.29) is 6.61 Å². The number of rotatable bonds is 7. The monoisotopic (exact) mass is 374 g/mol. The van der Waals surface area contributed by atoms with Crippen molar-refractivity contribution in [2.75, 3.05) is 19.0 Å². The van der Waals surface area contributed by atoms with Crippen LogP contribution in [0.2, 0.25) is 5.02 Å². The Morgan fingerprint density at radius 2 is 2.31 bits per heavy atom. The number of fused-ring (bicyclic) bond motifs is 1. The lowest BCUT2D eigenvalue weighted by molar-refractivity contribution is -0.115. The Morgan fingerprint density at radius 1 is 1.46 bits per heavy atom. The molecule has 0 saturated heterocycles. The number of aromatic nitrogens is 3. The minimum absolute atomic E-state index is 0.0808. The molecule has 2 aromatic heterocycles. The molecule has 0 aliphatic carbocycles. The van der Waals surface area contributed by atoms with Crippen molar-refractivity contribution < 1.29 is 19.1 Å². The maximum atomic E-state index is 12.6. The number of aldehydes is 1. The van der Waals surface area contributed by atoms with Crippen LogP contribution in [0.5, 0.6) is 5.75 Å². The average molecular weight is 375 g/mol. The number of hydrogen-bond donors (Lipinski definition) is 1. The second kappa shape index (κ2) is 7.94. The van der Waals surface area contributed by atoms with Gasteiger partial charge in [-0.25, -0.2) is 9.50 Å². The zero-order valence-corrected chi connectivity index (χ0v) is 14.5. The van der Waals surface area contributed by atoms with Crippen LogP contribution in [-0.2, 0) is 9.53 Å². The van der Waals surface area contributed by atoms with Gasteiger partial charge in [0, 0.05) is 24.5 Å². The summed E-state index contributed by atoms with van der Waals surface area (Å²) in [7, 11) is 1.46. The number of ether oxygens (including phenoxy) is 2. The van der Waals surface area contributed by atoms with Crippen molar-refractivity contribution in [1.82, 2.24) is 14.6 Å². The Kier molecular flexibility index (Phi) is 5.45. The van der Waals surface area contributed by atoms with Crippen molar-refractivity contribution in [3.8, 4) is 5.75 Å². The van der Waals surface area contributed by atoms with Crippen LogP contribution in [0.4, 0.5) is 5.69 Å². The Labute approximate surface area is 153 Å². The molecular formula is C17H15ClN4O4. The molecule has 0 spiro atoms. The molecule has 0 bridgehead atoms. The number of carbonyl (C=O) groups is 2. The predicted octanol–water partition coefficient (Wildman–Crippen LogP) is 2.23. The lowest BCUT2D eigenvalue weighted by atomic mass is 10.2. The van der Waals surface area contributed by atoms with E-state index in [1.165, 1.54) is 23.9 Å². The number of nitrogens with zero attached hydrogens (tertiary/aromatic N) is 3. The molecule has 0 fully saturated rings. The lowest BCUT2D eigenvalue weighted by Gasteiger charge is -2.16. The van der Waals surface area contributed by atoms with Gasteiger partial charge < -0.3 is 14.8 Å². The summed E-state index contributed by atoms with van der Waals surface area (Å²) in [5.74, 6) is -0.137. The van der Waals surface area contributed by atoms with Gasteiger partial charge in [0.25, 0.3) is 5.91 Å². The molecule has 134 valence electrons. The first-order chi connectivity index (χ1) is 12.6. The van der Waals surface area contributed by atoms with Gasteiger partial charge in [0.15, 0.2) is 18.0 Å². The Bertz CT molecular complexity index is 943. The Hall–Kier alpha value is -2.97. The maximum Gasteiger partial charge on any atom is 0.261 e. The van der Waals surface area contributed by atoms with Gasteiger partial charge in [0.05, 0.1) is 18.5 Å². The van der Waals surface area contributed by atoms with Crippen LogP contribution >= 0.6 is 11.6 Å². The van der Waals surface area contributed by atoms with Crippen molar-refractivity contribution in [2.45, 2.75) is 6.10 Å². The Morgan fingerprint density at radius 3 is 3.08 bits per heavy atom. The molecule has 0 saturated carbocycles. The standard InChI is InChI=1S/C17H15ClN4O4/c1-25-10-12(9-23)26-15-4-3-11(18)7-14(15)21-17(24)13-8-20-22-6-2-5-19-16(13)22/h2-9,12H,10H2,1H3,(H,21,24). The zero-order chi connectivity index (χ0) is 18.5. The summed E-state index contributed by atoms with van der Waals surface area (Å²) in [6.07, 6.45) is 4.49. The molecule has 1 atom stereocenters. The molecule has 8 nitrogen and oxygen atoms in total. The number of anilines is 1. The van der Waals surface area contributed by atoms with E-state index in [1.54, 1.807) is 30.6 Å². The molecule has 3 rings (SSSR count). The number of halogens is 1. The summed E-state index contributed by atoms with van der Waals surface area (Å²) in [6.45, 7) is 0.0808. The first kappa shape index (κ1) is 17.8. The number of benzene rings is 1. The summed E-state index contributed by atoms with van der Waals surface area (Å²) < 4.78 is 12.0. The normalized spacial score (nSPS) is 11.9. The van der Waals surface area contributed by atoms with Crippen molar-refractivity contribution in [2.24, 2.45) is 0 Å². The Balaban J connectivity index is 1.87. The fourth-order valence-corrected chi connectivity index (χ4v) is 2.48. The third kappa shape index (κ3) is 3.81. The molecule has 0 radical (unpaired) electrons. The van der Waals surface area contributed by atoms with Crippen LogP contribution < -0.4 is 10.1 Å². The van der Waals surface area contributed by atoms with E-state index in [0.29, 0.717) is 34.0 Å². The summed E-state index contributed by atoms with van der Waals surface area (Å²) in [5.41, 5.74) is 1.03. The van der Waals surface area contributed by atoms with Gasteiger partial charge in [-0.2, -0.15) is 5.10 Å². The van der Waals surface area contributed by atoms with Crippen LogP contribution in [0.1, 0.15) is 10.4 Å². The molecule has 26 heavy (non-hydrogen) atoms. The molecule has 9 heteroatoms. The van der Waals surface area contributed by atoms with E-state index >= 15 is 0 Å². The highest BCUT2D eigenvalue weighted by Gasteiger charge is 2.18. The van der Waals surface area contributed by atoms with E-state index < -0.39 is 12.0 Å². The van der Waals surface area contributed by atoms with Gasteiger partial charge in [0.1, 0.15) is 11.3 Å². The molecule has 0 aliphatic rings. The highest BCUT2D eigenvalue weighted by molar-refractivity contribution is 6.31. The van der Waals surface area contributed by atoms with E-state index in [9.17, 15) is 9.59 Å². The molecule has 0 aliphatic heterocycles. The highest BCUT2D eigenvalue weighted by Crippen LogP contribution is 2.29. The molecule has 1 N–H and O–H groups in total. The van der Waals surface area contributed by atoms with Crippen molar-refractivity contribution >= 4 is 35.1 Å². The van der Waals surface area contributed by atoms with E-state index in [4.69, 9.17) is 21.1 Å². The summed E-state index contributed by atoms with van der Waals surface area (Å²) >= 11 is 6.02. The average Bonchev–Trinajstić information content (AvgIpc) is 3.07. The number of amides is 1. The van der Waals surface area contributed by atoms with E-state index in [0.717, 1.165) is 0 Å². The van der Waals surface area contributed by atoms with Crippen LogP contribution in [0, 0.1) is 0 Å². The van der Waals surface area contributed by atoms with Gasteiger partial charge >= 0.3 is 0 Å². The van der Waals surface area contributed by atoms with Gasteiger partial charge in [-0.1, -0.05) is 11.6 Å². The van der Waals surface area contributed by atoms with Gasteiger partial charge in [-0.15, -0.1) is 0 Å². The van der Waals surface area contributed by atoms with Crippen LogP contribution in [-0.4, -0.2) is 46.6 Å². The molecule has 1 unspecified atom stereocenters. The second-order valence-corrected chi connectivity index (χ2v) is 5.72. The first-order valence-electron chi connectivity index (χ1n) is 7.62. The molecule has 1 amide bonds. The van der Waals surface area contributed by atoms with Crippen LogP contribution in [0.15, 0.2) is 42.9 Å². The number of carbonyl (C=O) groups excluding carboxylic acids is 2. The van der Waals surface area contributed by atoms with E-state index in [1.807, 2.05) is 0 Å². The summed E-state index contributed by atoms with van der Waals surface area (Å²) in [4.78, 5) is 27.9. The quantitative estimate of drug-likeness (QED) is 0.637. The topological polar surface area (TPSA) is 94.8 Å². The predicted molar refractivity (Wildman–Crippen MR) is 94.7 cm³/mol. The molecular weight excluding hydrogens is 360 g/mol. The minimum atomic E-state index is -0.810. The summed E-state index contributed by atoms with van der Waals surface area (Å²) in [6, 6.07) is 6.40. The fraction of sp³-hybridized carbons (Fsp3) is 0.176. The highest BCUT2D eigenvalue weighted by atomic mass is 35.5. The van der Waals surface area contributed by atoms with E-state index in [2.05, 4.69) is 15.4 Å². The van der Waals surface area contributed by atoms with Gasteiger partial charge in [-0.05, 0) is 24.3 Å². The maximum absolute atomic E-state index is 12.6. The molecule has 2 heterocycles. The summed E-state index contributed by atoms with van der Waals surface area (Å²) in [5, 5.41) is 7.20. The van der Waals surface area contributed by atoms with Gasteiger partial charge in [-0.3, -0.25) is 9.59 Å². The SMILES string of the molecule is COCC(C=O)Oc1ccc(Cl)cc1NC(=O)c1cnn2cccnc12. The molecule has 3 aromatic rings. The zero-order valence-electron chi connectivity index (χ0n) is 13.8. The number of methoxy groups -OCH3 is 1. The van der Waals surface area contributed by atoms with Gasteiger partial charge in [0.2, 0.25) is 0 Å².